The van der Waals surface area contributed by atoms with Crippen molar-refractivity contribution < 1.29 is 23.5 Å². The van der Waals surface area contributed by atoms with Crippen molar-refractivity contribution >= 4 is 38.2 Å². The third-order valence-corrected chi connectivity index (χ3v) is 10.3. The summed E-state index contributed by atoms with van der Waals surface area (Å²) in [6.07, 6.45) is 4.04. The number of nitrogens with zero attached hydrogens (tertiary/aromatic N) is 3. The Morgan fingerprint density at radius 2 is 1.88 bits per heavy atom. The number of hydrogen-bond acceptors (Lipinski definition) is 5. The molecular weight excluding hydrogens is 537 g/mol. The van der Waals surface area contributed by atoms with E-state index in [4.69, 9.17) is 9.40 Å². The second-order valence-corrected chi connectivity index (χ2v) is 12.7. The number of aromatic nitrogens is 1. The molecular formula is C32H30FN3O4Si. The van der Waals surface area contributed by atoms with Crippen molar-refractivity contribution in [2.45, 2.75) is 50.1 Å². The molecule has 0 spiro atoms. The molecule has 1 N–H and O–H groups in total. The molecule has 208 valence electrons. The lowest BCUT2D eigenvalue weighted by Crippen LogP contribution is -2.39. The number of carboxylic acids is 1. The number of amides is 1. The molecule has 2 fully saturated rings. The number of benzene rings is 3. The van der Waals surface area contributed by atoms with Crippen molar-refractivity contribution in [2.24, 2.45) is 0 Å². The molecule has 1 saturated carbocycles. The first-order chi connectivity index (χ1) is 19.9. The fraction of sp³-hybridized carbons (Fsp3) is 0.344. The van der Waals surface area contributed by atoms with Crippen LogP contribution in [0, 0.1) is 5.82 Å². The molecule has 2 aliphatic heterocycles. The van der Waals surface area contributed by atoms with Gasteiger partial charge in [-0.15, -0.1) is 0 Å². The Labute approximate surface area is 239 Å². The third-order valence-electron chi connectivity index (χ3n) is 8.71. The van der Waals surface area contributed by atoms with Crippen LogP contribution in [0.2, 0.25) is 5.54 Å². The lowest BCUT2D eigenvalue weighted by Gasteiger charge is -2.35. The van der Waals surface area contributed by atoms with Crippen LogP contribution in [0.15, 0.2) is 59.0 Å². The Hall–Kier alpha value is -3.98. The summed E-state index contributed by atoms with van der Waals surface area (Å²) in [5, 5.41) is 9.27. The van der Waals surface area contributed by atoms with Crippen LogP contribution in [0.1, 0.15) is 65.2 Å². The topological polar surface area (TPSA) is 86.9 Å². The standard InChI is InChI=1S/C32H30FN3O4Si/c1-18-23-5-3-2-4-19(23)10-13-36(18)31(37)21-14-25(20-6-7-20)29-27(15-21)40-30(34-29)24-9-8-22(16-26(24)33)35-12-11-28(32(38)39)41-17-35/h2-5,8-9,14-16,18,20,28H,6-7,10-13,17H2,1H3,(H,38,39)/t18-,28-/m1/s1. The van der Waals surface area contributed by atoms with E-state index in [-0.39, 0.29) is 38.5 Å². The predicted octanol–water partition coefficient (Wildman–Crippen LogP) is 6.02. The molecule has 41 heavy (non-hydrogen) atoms. The molecule has 4 aromatic rings. The summed E-state index contributed by atoms with van der Waals surface area (Å²) in [4.78, 5) is 33.8. The van der Waals surface area contributed by atoms with E-state index in [9.17, 15) is 14.7 Å². The smallest absolute Gasteiger partial charge is 0.303 e. The van der Waals surface area contributed by atoms with Crippen molar-refractivity contribution in [1.82, 2.24) is 9.88 Å². The molecule has 3 heterocycles. The van der Waals surface area contributed by atoms with Crippen LogP contribution in [-0.2, 0) is 11.2 Å². The fourth-order valence-corrected chi connectivity index (χ4v) is 7.50. The van der Waals surface area contributed by atoms with Crippen LogP contribution in [0.4, 0.5) is 10.1 Å². The van der Waals surface area contributed by atoms with Crippen LogP contribution < -0.4 is 4.90 Å². The molecule has 3 aromatic carbocycles. The van der Waals surface area contributed by atoms with E-state index in [0.29, 0.717) is 48.3 Å². The summed E-state index contributed by atoms with van der Waals surface area (Å²) in [5.74, 6) is -0.710. The van der Waals surface area contributed by atoms with Crippen molar-refractivity contribution in [1.29, 1.82) is 0 Å². The molecule has 9 heteroatoms. The number of aliphatic carboxylic acids is 1. The molecule has 1 saturated heterocycles. The van der Waals surface area contributed by atoms with E-state index >= 15 is 4.39 Å². The van der Waals surface area contributed by atoms with Gasteiger partial charge in [-0.3, -0.25) is 9.59 Å². The summed E-state index contributed by atoms with van der Waals surface area (Å²) in [6, 6.07) is 17.0. The predicted molar refractivity (Wildman–Crippen MR) is 155 cm³/mol. The number of anilines is 1. The highest BCUT2D eigenvalue weighted by Crippen LogP contribution is 2.45. The number of rotatable bonds is 5. The highest BCUT2D eigenvalue weighted by molar-refractivity contribution is 6.44. The van der Waals surface area contributed by atoms with E-state index in [1.807, 2.05) is 34.1 Å². The largest absolute Gasteiger partial charge is 0.481 e. The van der Waals surface area contributed by atoms with Crippen molar-refractivity contribution in [3.63, 3.8) is 0 Å². The summed E-state index contributed by atoms with van der Waals surface area (Å²) < 4.78 is 21.6. The van der Waals surface area contributed by atoms with Crippen molar-refractivity contribution in [2.75, 3.05) is 24.2 Å². The summed E-state index contributed by atoms with van der Waals surface area (Å²) in [6.45, 7) is 3.31. The normalized spacial score (nSPS) is 20.7. The van der Waals surface area contributed by atoms with Crippen LogP contribution in [0.5, 0.6) is 0 Å². The molecule has 2 radical (unpaired) electrons. The number of hydrogen-bond donors (Lipinski definition) is 1. The quantitative estimate of drug-likeness (QED) is 0.297. The maximum atomic E-state index is 15.4. The Morgan fingerprint density at radius 1 is 1.05 bits per heavy atom. The third kappa shape index (κ3) is 4.72. The van der Waals surface area contributed by atoms with Gasteiger partial charge in [0.1, 0.15) is 11.3 Å². The average molecular weight is 568 g/mol. The highest BCUT2D eigenvalue weighted by Gasteiger charge is 2.33. The van der Waals surface area contributed by atoms with E-state index in [0.717, 1.165) is 30.5 Å². The first-order valence-electron chi connectivity index (χ1n) is 14.2. The number of carbonyl (C=O) groups excluding carboxylic acids is 1. The Morgan fingerprint density at radius 3 is 2.61 bits per heavy atom. The Balaban J connectivity index is 1.18. The van der Waals surface area contributed by atoms with Crippen LogP contribution in [-0.4, -0.2) is 55.6 Å². The van der Waals surface area contributed by atoms with Gasteiger partial charge in [-0.05, 0) is 85.5 Å². The molecule has 0 unspecified atom stereocenters. The van der Waals surface area contributed by atoms with Gasteiger partial charge in [0.2, 0.25) is 5.89 Å². The SMILES string of the molecule is C[C@@H]1c2ccccc2CCN1C(=O)c1cc(C2CC2)c2nc(-c3ccc(N4CC[C@H](C(=O)O)[Si]C4)cc3F)oc2c1. The molecule has 7 rings (SSSR count). The second-order valence-electron chi connectivity index (χ2n) is 11.3. The number of fused-ring (bicyclic) bond motifs is 2. The summed E-state index contributed by atoms with van der Waals surface area (Å²) in [5.41, 5.74) is 5.90. The van der Waals surface area contributed by atoms with Gasteiger partial charge in [-0.25, -0.2) is 9.37 Å². The number of oxazole rings is 1. The number of carbonyl (C=O) groups is 2. The number of carboxylic acid groups (broad SMARTS) is 1. The monoisotopic (exact) mass is 567 g/mol. The van der Waals surface area contributed by atoms with Gasteiger partial charge in [0.25, 0.3) is 5.91 Å². The van der Waals surface area contributed by atoms with E-state index in [1.54, 1.807) is 12.1 Å². The molecule has 0 bridgehead atoms. The Kier molecular flexibility index (Phi) is 6.41. The van der Waals surface area contributed by atoms with Gasteiger partial charge in [0, 0.05) is 36.0 Å². The van der Waals surface area contributed by atoms with Gasteiger partial charge in [0.05, 0.1) is 21.1 Å². The first kappa shape index (κ1) is 25.9. The van der Waals surface area contributed by atoms with Gasteiger partial charge >= 0.3 is 5.97 Å². The van der Waals surface area contributed by atoms with Gasteiger partial charge in [0.15, 0.2) is 5.58 Å². The molecule has 3 aliphatic rings. The minimum atomic E-state index is -0.758. The summed E-state index contributed by atoms with van der Waals surface area (Å²) in [7, 11) is 0.270. The fourth-order valence-electron chi connectivity index (χ4n) is 6.21. The molecule has 2 atom stereocenters. The van der Waals surface area contributed by atoms with Crippen molar-refractivity contribution in [3.05, 3.63) is 82.7 Å². The molecule has 1 aromatic heterocycles. The van der Waals surface area contributed by atoms with Gasteiger partial charge < -0.3 is 19.3 Å². The highest BCUT2D eigenvalue weighted by atomic mass is 28.2. The maximum absolute atomic E-state index is 15.4. The minimum absolute atomic E-state index is 0.0270. The van der Waals surface area contributed by atoms with Crippen LogP contribution in [0.25, 0.3) is 22.6 Å². The molecule has 1 aliphatic carbocycles. The van der Waals surface area contributed by atoms with E-state index < -0.39 is 11.8 Å². The van der Waals surface area contributed by atoms with Crippen LogP contribution in [0.3, 0.4) is 0 Å². The maximum Gasteiger partial charge on any atom is 0.303 e. The first-order valence-corrected chi connectivity index (χ1v) is 15.5. The minimum Gasteiger partial charge on any atom is -0.481 e. The lowest BCUT2D eigenvalue weighted by molar-refractivity contribution is -0.137. The average Bonchev–Trinajstić information content (AvgIpc) is 3.75. The molecule has 7 nitrogen and oxygen atoms in total. The van der Waals surface area contributed by atoms with Gasteiger partial charge in [-0.1, -0.05) is 24.3 Å². The molecule has 1 amide bonds. The van der Waals surface area contributed by atoms with E-state index in [1.165, 1.54) is 17.2 Å². The van der Waals surface area contributed by atoms with Gasteiger partial charge in [-0.2, -0.15) is 0 Å². The zero-order valence-electron chi connectivity index (χ0n) is 22.8. The lowest BCUT2D eigenvalue weighted by atomic mass is 9.93. The van der Waals surface area contributed by atoms with E-state index in [2.05, 4.69) is 19.1 Å². The van der Waals surface area contributed by atoms with Crippen LogP contribution >= 0.6 is 0 Å². The Bertz CT molecular complexity index is 1670. The number of halogens is 1. The summed E-state index contributed by atoms with van der Waals surface area (Å²) >= 11 is 0. The zero-order valence-corrected chi connectivity index (χ0v) is 23.8. The zero-order chi connectivity index (χ0) is 28.2. The van der Waals surface area contributed by atoms with Crippen molar-refractivity contribution in [3.8, 4) is 11.5 Å². The second kappa shape index (κ2) is 10.1.